The maximum absolute atomic E-state index is 5.21. The van der Waals surface area contributed by atoms with Gasteiger partial charge in [0.2, 0.25) is 0 Å². The van der Waals surface area contributed by atoms with Gasteiger partial charge in [-0.25, -0.2) is 9.97 Å². The van der Waals surface area contributed by atoms with Crippen molar-refractivity contribution in [3.8, 4) is 0 Å². The van der Waals surface area contributed by atoms with E-state index in [1.54, 1.807) is 0 Å². The summed E-state index contributed by atoms with van der Waals surface area (Å²) in [6.07, 6.45) is 7.62. The number of nitrogens with zero attached hydrogens (tertiary/aromatic N) is 5. The number of piperazine rings is 1. The van der Waals surface area contributed by atoms with E-state index in [9.17, 15) is 0 Å². The summed E-state index contributed by atoms with van der Waals surface area (Å²) >= 11 is 0. The normalized spacial score (nSPS) is 27.6. The number of aromatic nitrogens is 3. The molecule has 2 aliphatic rings. The Morgan fingerprint density at radius 3 is 2.37 bits per heavy atom. The first-order chi connectivity index (χ1) is 18.3. The van der Waals surface area contributed by atoms with Gasteiger partial charge in [-0.3, -0.25) is 9.80 Å². The van der Waals surface area contributed by atoms with E-state index in [1.165, 1.54) is 5.56 Å². The highest BCUT2D eigenvalue weighted by molar-refractivity contribution is 5.76. The van der Waals surface area contributed by atoms with Crippen LogP contribution >= 0.6 is 0 Å². The number of pyridine rings is 1. The molecule has 5 rings (SSSR count). The molecule has 3 atom stereocenters. The molecule has 38 heavy (non-hydrogen) atoms. The molecule has 1 saturated heterocycles. The first-order valence-electron chi connectivity index (χ1n) is 14.7. The summed E-state index contributed by atoms with van der Waals surface area (Å²) in [5, 5.41) is 7.49. The van der Waals surface area contributed by atoms with Crippen LogP contribution in [0.1, 0.15) is 77.2 Å². The first-order valence-corrected chi connectivity index (χ1v) is 14.7. The highest BCUT2D eigenvalue weighted by Gasteiger charge is 2.38. The van der Waals surface area contributed by atoms with Gasteiger partial charge in [-0.2, -0.15) is 0 Å². The van der Waals surface area contributed by atoms with E-state index in [0.29, 0.717) is 24.2 Å². The van der Waals surface area contributed by atoms with Crippen LogP contribution in [-0.2, 0) is 12.1 Å². The summed E-state index contributed by atoms with van der Waals surface area (Å²) in [6.45, 7) is 12.0. The van der Waals surface area contributed by atoms with E-state index in [4.69, 9.17) is 9.97 Å². The summed E-state index contributed by atoms with van der Waals surface area (Å²) < 4.78 is 2.33. The van der Waals surface area contributed by atoms with Crippen molar-refractivity contribution in [3.63, 3.8) is 0 Å². The smallest absolute Gasteiger partial charge is 0.160 e. The first kappa shape index (κ1) is 27.1. The quantitative estimate of drug-likeness (QED) is 0.417. The van der Waals surface area contributed by atoms with Crippen LogP contribution in [0.2, 0.25) is 0 Å². The molecule has 206 valence electrons. The zero-order valence-corrected chi connectivity index (χ0v) is 24.2. The fourth-order valence-corrected chi connectivity index (χ4v) is 7.12. The Kier molecular flexibility index (Phi) is 8.08. The Hall–Kier alpha value is -2.48. The van der Waals surface area contributed by atoms with Crippen molar-refractivity contribution in [2.24, 2.45) is 0 Å². The van der Waals surface area contributed by atoms with Crippen molar-refractivity contribution >= 4 is 16.9 Å². The van der Waals surface area contributed by atoms with Crippen molar-refractivity contribution < 1.29 is 0 Å². The van der Waals surface area contributed by atoms with Crippen LogP contribution in [-0.4, -0.2) is 69.6 Å². The summed E-state index contributed by atoms with van der Waals surface area (Å²) in [5.41, 5.74) is 4.64. The molecule has 7 nitrogen and oxygen atoms in total. The van der Waals surface area contributed by atoms with Gasteiger partial charge in [-0.1, -0.05) is 37.3 Å². The van der Waals surface area contributed by atoms with E-state index in [0.717, 1.165) is 74.4 Å². The van der Waals surface area contributed by atoms with Crippen LogP contribution in [0.3, 0.4) is 0 Å². The van der Waals surface area contributed by atoms with E-state index in [2.05, 4.69) is 103 Å². The Balaban J connectivity index is 1.34. The van der Waals surface area contributed by atoms with Gasteiger partial charge in [0.1, 0.15) is 11.3 Å². The fourth-order valence-electron chi connectivity index (χ4n) is 7.12. The van der Waals surface area contributed by atoms with Crippen molar-refractivity contribution in [2.75, 3.05) is 32.5 Å². The molecule has 1 saturated carbocycles. The molecule has 0 spiro atoms. The molecule has 1 aliphatic carbocycles. The summed E-state index contributed by atoms with van der Waals surface area (Å²) in [5.74, 6) is 1.16. The molecule has 2 N–H and O–H groups in total. The molecular weight excluding hydrogens is 470 g/mol. The van der Waals surface area contributed by atoms with Crippen LogP contribution < -0.4 is 10.6 Å². The van der Waals surface area contributed by atoms with Crippen LogP contribution in [0.15, 0.2) is 42.6 Å². The molecular formula is C31H47N7. The van der Waals surface area contributed by atoms with Gasteiger partial charge in [0.25, 0.3) is 0 Å². The molecule has 1 aliphatic heterocycles. The number of aryl methyl sites for hydroxylation is 1. The van der Waals surface area contributed by atoms with Gasteiger partial charge in [0, 0.05) is 43.3 Å². The van der Waals surface area contributed by atoms with Crippen molar-refractivity contribution in [1.29, 1.82) is 0 Å². The molecule has 0 amide bonds. The van der Waals surface area contributed by atoms with Gasteiger partial charge in [0.15, 0.2) is 5.65 Å². The molecule has 0 radical (unpaired) electrons. The highest BCUT2D eigenvalue weighted by atomic mass is 15.3. The topological polar surface area (TPSA) is 61.3 Å². The molecule has 3 aromatic rings. The third-order valence-corrected chi connectivity index (χ3v) is 8.99. The third-order valence-electron chi connectivity index (χ3n) is 8.99. The number of benzene rings is 1. The molecule has 7 heteroatoms. The Bertz CT molecular complexity index is 1190. The minimum atomic E-state index is 0.116. The molecule has 3 heterocycles. The number of hydrogen-bond donors (Lipinski definition) is 2. The molecule has 2 fully saturated rings. The third kappa shape index (κ3) is 5.21. The Labute approximate surface area is 229 Å². The monoisotopic (exact) mass is 517 g/mol. The van der Waals surface area contributed by atoms with E-state index >= 15 is 0 Å². The average molecular weight is 518 g/mol. The number of nitrogens with one attached hydrogen (secondary N) is 2. The van der Waals surface area contributed by atoms with Crippen LogP contribution in [0.25, 0.3) is 11.2 Å². The molecule has 1 unspecified atom stereocenters. The fraction of sp³-hybridized carbons (Fsp3) is 0.613. The van der Waals surface area contributed by atoms with Crippen LogP contribution in [0.5, 0.6) is 0 Å². The minimum Gasteiger partial charge on any atom is -0.381 e. The van der Waals surface area contributed by atoms with Gasteiger partial charge in [-0.05, 0) is 78.6 Å². The maximum Gasteiger partial charge on any atom is 0.160 e. The van der Waals surface area contributed by atoms with Gasteiger partial charge in [-0.15, -0.1) is 0 Å². The second-order valence-corrected chi connectivity index (χ2v) is 11.8. The van der Waals surface area contributed by atoms with E-state index in [1.807, 2.05) is 6.20 Å². The number of rotatable bonds is 8. The van der Waals surface area contributed by atoms with Gasteiger partial charge >= 0.3 is 0 Å². The predicted octanol–water partition coefficient (Wildman–Crippen LogP) is 5.40. The van der Waals surface area contributed by atoms with Gasteiger partial charge in [0.05, 0.1) is 17.9 Å². The average Bonchev–Trinajstić information content (AvgIpc) is 3.27. The highest BCUT2D eigenvalue weighted by Crippen LogP contribution is 2.41. The van der Waals surface area contributed by atoms with E-state index < -0.39 is 0 Å². The zero-order valence-electron chi connectivity index (χ0n) is 24.2. The van der Waals surface area contributed by atoms with Crippen molar-refractivity contribution in [1.82, 2.24) is 29.7 Å². The van der Waals surface area contributed by atoms with Crippen molar-refractivity contribution in [2.45, 2.75) is 96.1 Å². The SMILES string of the molecule is CCC(c1nc2cc(NC3CCC(c4ccccc4)(N(C)C)CC3)cnc2n1CC)N1C[C@@H](C)N[C@@H](C)C1. The number of hydrogen-bond acceptors (Lipinski definition) is 6. The molecule has 1 aromatic carbocycles. The number of fused-ring (bicyclic) bond motifs is 1. The Morgan fingerprint density at radius 1 is 1.08 bits per heavy atom. The number of imidazole rings is 1. The lowest BCUT2D eigenvalue weighted by Gasteiger charge is -2.46. The second kappa shape index (κ2) is 11.3. The van der Waals surface area contributed by atoms with Crippen LogP contribution in [0.4, 0.5) is 5.69 Å². The Morgan fingerprint density at radius 2 is 1.76 bits per heavy atom. The summed E-state index contributed by atoms with van der Waals surface area (Å²) in [4.78, 5) is 15.2. The zero-order chi connectivity index (χ0) is 26.9. The molecule has 2 aromatic heterocycles. The predicted molar refractivity (Wildman–Crippen MR) is 158 cm³/mol. The summed E-state index contributed by atoms with van der Waals surface area (Å²) in [7, 11) is 4.46. The second-order valence-electron chi connectivity index (χ2n) is 11.8. The van der Waals surface area contributed by atoms with E-state index in [-0.39, 0.29) is 5.54 Å². The lowest BCUT2D eigenvalue weighted by molar-refractivity contribution is 0.0945. The minimum absolute atomic E-state index is 0.116. The van der Waals surface area contributed by atoms with Gasteiger partial charge < -0.3 is 15.2 Å². The lowest BCUT2D eigenvalue weighted by atomic mass is 9.74. The lowest BCUT2D eigenvalue weighted by Crippen LogP contribution is -2.55. The summed E-state index contributed by atoms with van der Waals surface area (Å²) in [6, 6.07) is 15.0. The standard InChI is InChI=1S/C31H47N7/c1-7-28(37-20-22(3)33-23(4)21-37)30-35-27-18-26(19-32-29(27)38(30)8-2)34-25-14-16-31(17-15-25,36(5)6)24-12-10-9-11-13-24/h9-13,18-19,22-23,25,28,33-34H,7-8,14-17,20-21H2,1-6H3/t22-,23+,25?,28?,31?. The van der Waals surface area contributed by atoms with Crippen molar-refractivity contribution in [3.05, 3.63) is 54.0 Å². The number of anilines is 1. The van der Waals surface area contributed by atoms with Crippen LogP contribution in [0, 0.1) is 0 Å². The molecule has 0 bridgehead atoms. The maximum atomic E-state index is 5.21. The largest absolute Gasteiger partial charge is 0.381 e.